The third-order valence-electron chi connectivity index (χ3n) is 2.73. The van der Waals surface area contributed by atoms with Crippen LogP contribution in [0.2, 0.25) is 5.15 Å². The first kappa shape index (κ1) is 11.1. The molecule has 0 unspecified atom stereocenters. The number of pyridine rings is 1. The van der Waals surface area contributed by atoms with Crippen LogP contribution in [0.1, 0.15) is 5.82 Å². The number of aryl methyl sites for hydroxylation is 1. The lowest BCUT2D eigenvalue weighted by atomic mass is 10.1. The molecule has 0 aliphatic carbocycles. The molecule has 0 fully saturated rings. The molecule has 0 aliphatic heterocycles. The van der Waals surface area contributed by atoms with Gasteiger partial charge in [0, 0.05) is 17.1 Å². The highest BCUT2D eigenvalue weighted by atomic mass is 35.5. The minimum atomic E-state index is 0.465. The summed E-state index contributed by atoms with van der Waals surface area (Å²) in [5.41, 5.74) is 2.57. The van der Waals surface area contributed by atoms with Gasteiger partial charge in [-0.05, 0) is 18.6 Å². The van der Waals surface area contributed by atoms with Crippen LogP contribution in [0.4, 0.5) is 0 Å². The zero-order valence-electron chi connectivity index (χ0n) is 9.76. The lowest BCUT2D eigenvalue weighted by molar-refractivity contribution is 1.07. The van der Waals surface area contributed by atoms with Crippen molar-refractivity contribution in [3.63, 3.8) is 0 Å². The van der Waals surface area contributed by atoms with Crippen LogP contribution in [0.15, 0.2) is 42.6 Å². The van der Waals surface area contributed by atoms with E-state index in [-0.39, 0.29) is 0 Å². The van der Waals surface area contributed by atoms with Crippen LogP contribution < -0.4 is 0 Å². The topological polar surface area (TPSA) is 38.7 Å². The second-order valence-electron chi connectivity index (χ2n) is 4.02. The Morgan fingerprint density at radius 2 is 1.83 bits per heavy atom. The van der Waals surface area contributed by atoms with E-state index in [0.717, 1.165) is 16.5 Å². The summed E-state index contributed by atoms with van der Waals surface area (Å²) in [6, 6.07) is 11.9. The number of nitrogens with zero attached hydrogens (tertiary/aromatic N) is 3. The van der Waals surface area contributed by atoms with Crippen molar-refractivity contribution in [1.29, 1.82) is 0 Å². The summed E-state index contributed by atoms with van der Waals surface area (Å²) >= 11 is 6.22. The zero-order chi connectivity index (χ0) is 12.5. The number of aromatic nitrogens is 3. The zero-order valence-corrected chi connectivity index (χ0v) is 10.5. The number of halogens is 1. The maximum absolute atomic E-state index is 6.22. The molecule has 88 valence electrons. The fourth-order valence-electron chi connectivity index (χ4n) is 1.85. The van der Waals surface area contributed by atoms with Crippen molar-refractivity contribution >= 4 is 22.6 Å². The fraction of sp³-hybridized carbons (Fsp3) is 0.0714. The molecule has 0 saturated carbocycles. The van der Waals surface area contributed by atoms with Crippen LogP contribution >= 0.6 is 11.6 Å². The van der Waals surface area contributed by atoms with Crippen molar-refractivity contribution in [3.05, 3.63) is 53.6 Å². The van der Waals surface area contributed by atoms with Crippen LogP contribution in [0.3, 0.4) is 0 Å². The molecule has 0 amide bonds. The summed E-state index contributed by atoms with van der Waals surface area (Å²) in [5.74, 6) is 0.693. The van der Waals surface area contributed by atoms with Gasteiger partial charge in [-0.25, -0.2) is 15.0 Å². The van der Waals surface area contributed by atoms with E-state index in [4.69, 9.17) is 11.6 Å². The summed E-state index contributed by atoms with van der Waals surface area (Å²) in [7, 11) is 0. The number of rotatable bonds is 1. The molecule has 3 aromatic rings. The fourth-order valence-corrected chi connectivity index (χ4v) is 2.09. The molecule has 0 atom stereocenters. The van der Waals surface area contributed by atoms with Crippen LogP contribution in [0.5, 0.6) is 0 Å². The third kappa shape index (κ3) is 1.93. The van der Waals surface area contributed by atoms with Gasteiger partial charge in [-0.3, -0.25) is 0 Å². The standard InChI is InChI=1S/C14H10ClN3/c1-9-16-8-11-7-12(10-5-3-2-4-6-10)13(15)18-14(11)17-9/h2-8H,1H3. The Labute approximate surface area is 109 Å². The maximum atomic E-state index is 6.22. The second-order valence-corrected chi connectivity index (χ2v) is 4.38. The average molecular weight is 256 g/mol. The number of benzene rings is 1. The summed E-state index contributed by atoms with van der Waals surface area (Å²) in [5, 5.41) is 1.36. The van der Waals surface area contributed by atoms with Crippen molar-refractivity contribution in [2.24, 2.45) is 0 Å². The van der Waals surface area contributed by atoms with Gasteiger partial charge in [-0.15, -0.1) is 0 Å². The SMILES string of the molecule is Cc1ncc2cc(-c3ccccc3)c(Cl)nc2n1. The smallest absolute Gasteiger partial charge is 0.164 e. The molecule has 0 radical (unpaired) electrons. The molecule has 4 heteroatoms. The lowest BCUT2D eigenvalue weighted by Crippen LogP contribution is -1.92. The van der Waals surface area contributed by atoms with Gasteiger partial charge in [0.05, 0.1) is 0 Å². The first-order valence-electron chi connectivity index (χ1n) is 5.59. The predicted octanol–water partition coefficient (Wildman–Crippen LogP) is 3.65. The largest absolute Gasteiger partial charge is 0.241 e. The van der Waals surface area contributed by atoms with Gasteiger partial charge in [0.2, 0.25) is 0 Å². The molecule has 3 rings (SSSR count). The Kier molecular flexibility index (Phi) is 2.68. The van der Waals surface area contributed by atoms with Crippen LogP contribution in [0, 0.1) is 6.92 Å². The van der Waals surface area contributed by atoms with E-state index >= 15 is 0 Å². The molecule has 2 aromatic heterocycles. The Bertz CT molecular complexity index is 711. The molecule has 2 heterocycles. The average Bonchev–Trinajstić information content (AvgIpc) is 2.39. The molecule has 1 aromatic carbocycles. The minimum Gasteiger partial charge on any atom is -0.241 e. The van der Waals surface area contributed by atoms with Gasteiger partial charge in [0.25, 0.3) is 0 Å². The van der Waals surface area contributed by atoms with Gasteiger partial charge in [0.1, 0.15) is 11.0 Å². The van der Waals surface area contributed by atoms with Crippen molar-refractivity contribution in [2.45, 2.75) is 6.92 Å². The van der Waals surface area contributed by atoms with Crippen LogP contribution in [-0.2, 0) is 0 Å². The number of hydrogen-bond donors (Lipinski definition) is 0. The summed E-state index contributed by atoms with van der Waals surface area (Å²) in [6.07, 6.45) is 1.77. The van der Waals surface area contributed by atoms with E-state index in [1.54, 1.807) is 6.20 Å². The van der Waals surface area contributed by atoms with Crippen molar-refractivity contribution in [1.82, 2.24) is 15.0 Å². The molecule has 0 aliphatic rings. The highest BCUT2D eigenvalue weighted by Gasteiger charge is 2.08. The van der Waals surface area contributed by atoms with E-state index in [0.29, 0.717) is 16.6 Å². The van der Waals surface area contributed by atoms with Crippen LogP contribution in [0.25, 0.3) is 22.2 Å². The molecule has 0 bridgehead atoms. The van der Waals surface area contributed by atoms with Gasteiger partial charge < -0.3 is 0 Å². The van der Waals surface area contributed by atoms with Crippen LogP contribution in [-0.4, -0.2) is 15.0 Å². The van der Waals surface area contributed by atoms with Gasteiger partial charge in [-0.1, -0.05) is 41.9 Å². The first-order valence-corrected chi connectivity index (χ1v) is 5.97. The maximum Gasteiger partial charge on any atom is 0.164 e. The Balaban J connectivity index is 2.25. The summed E-state index contributed by atoms with van der Waals surface area (Å²) in [6.45, 7) is 1.83. The molecule has 0 N–H and O–H groups in total. The Morgan fingerprint density at radius 1 is 1.06 bits per heavy atom. The highest BCUT2D eigenvalue weighted by Crippen LogP contribution is 2.28. The van der Waals surface area contributed by atoms with E-state index in [1.165, 1.54) is 0 Å². The van der Waals surface area contributed by atoms with Crippen molar-refractivity contribution in [3.8, 4) is 11.1 Å². The molecule has 0 saturated heterocycles. The summed E-state index contributed by atoms with van der Waals surface area (Å²) in [4.78, 5) is 12.8. The first-order chi connectivity index (χ1) is 8.74. The Morgan fingerprint density at radius 3 is 2.61 bits per heavy atom. The molecular weight excluding hydrogens is 246 g/mol. The van der Waals surface area contributed by atoms with E-state index in [9.17, 15) is 0 Å². The predicted molar refractivity (Wildman–Crippen MR) is 72.5 cm³/mol. The van der Waals surface area contributed by atoms with Gasteiger partial charge in [0.15, 0.2) is 5.65 Å². The molecule has 0 spiro atoms. The number of hydrogen-bond acceptors (Lipinski definition) is 3. The van der Waals surface area contributed by atoms with E-state index in [2.05, 4.69) is 15.0 Å². The van der Waals surface area contributed by atoms with E-state index in [1.807, 2.05) is 43.3 Å². The number of fused-ring (bicyclic) bond motifs is 1. The third-order valence-corrected chi connectivity index (χ3v) is 3.02. The highest BCUT2D eigenvalue weighted by molar-refractivity contribution is 6.32. The normalized spacial score (nSPS) is 10.8. The minimum absolute atomic E-state index is 0.465. The molecule has 18 heavy (non-hydrogen) atoms. The molecule has 3 nitrogen and oxygen atoms in total. The van der Waals surface area contributed by atoms with Crippen molar-refractivity contribution < 1.29 is 0 Å². The second kappa shape index (κ2) is 4.35. The lowest BCUT2D eigenvalue weighted by Gasteiger charge is -2.05. The molecular formula is C14H10ClN3. The summed E-state index contributed by atoms with van der Waals surface area (Å²) < 4.78 is 0. The van der Waals surface area contributed by atoms with Gasteiger partial charge in [-0.2, -0.15) is 0 Å². The van der Waals surface area contributed by atoms with Gasteiger partial charge >= 0.3 is 0 Å². The van der Waals surface area contributed by atoms with Crippen molar-refractivity contribution in [2.75, 3.05) is 0 Å². The Hall–Kier alpha value is -2.00. The monoisotopic (exact) mass is 255 g/mol. The van der Waals surface area contributed by atoms with E-state index < -0.39 is 0 Å². The quantitative estimate of drug-likeness (QED) is 0.623.